The van der Waals surface area contributed by atoms with E-state index in [9.17, 15) is 9.18 Å². The summed E-state index contributed by atoms with van der Waals surface area (Å²) in [6, 6.07) is 21.7. The Morgan fingerprint density at radius 1 is 0.964 bits per heavy atom. The molecule has 0 atom stereocenters. The standard InChI is InChI=1S/C22H14ClFN2O2/c23-15-9-11-16(12-10-15)25-21(27)17-13-14-5-1-4-8-20(14)28-22(17)26-19-7-3-2-6-18(19)24/h1-13H,(H,25,27). The van der Waals surface area contributed by atoms with Gasteiger partial charge in [-0.1, -0.05) is 41.9 Å². The zero-order chi connectivity index (χ0) is 19.5. The van der Waals surface area contributed by atoms with E-state index in [1.807, 2.05) is 18.2 Å². The average molecular weight is 393 g/mol. The predicted octanol–water partition coefficient (Wildman–Crippen LogP) is 5.71. The molecule has 3 aromatic carbocycles. The number of halogens is 2. The third kappa shape index (κ3) is 3.80. The van der Waals surface area contributed by atoms with Crippen molar-refractivity contribution in [1.29, 1.82) is 0 Å². The topological polar surface area (TPSA) is 54.6 Å². The molecule has 0 bridgehead atoms. The third-order valence-electron chi connectivity index (χ3n) is 4.08. The Balaban J connectivity index is 1.84. The number of hydrogen-bond acceptors (Lipinski definition) is 3. The summed E-state index contributed by atoms with van der Waals surface area (Å²) < 4.78 is 19.9. The third-order valence-corrected chi connectivity index (χ3v) is 4.33. The van der Waals surface area contributed by atoms with Crippen LogP contribution in [-0.4, -0.2) is 5.91 Å². The van der Waals surface area contributed by atoms with E-state index >= 15 is 0 Å². The maximum atomic E-state index is 14.1. The fraction of sp³-hybridized carbons (Fsp3) is 0. The largest absolute Gasteiger partial charge is 0.438 e. The first-order valence-electron chi connectivity index (χ1n) is 8.49. The summed E-state index contributed by atoms with van der Waals surface area (Å²) >= 11 is 5.88. The zero-order valence-corrected chi connectivity index (χ0v) is 15.3. The molecule has 6 heteroatoms. The lowest BCUT2D eigenvalue weighted by Gasteiger charge is -2.07. The van der Waals surface area contributed by atoms with Crippen molar-refractivity contribution in [1.82, 2.24) is 0 Å². The van der Waals surface area contributed by atoms with Gasteiger partial charge in [0.15, 0.2) is 0 Å². The quantitative estimate of drug-likeness (QED) is 0.485. The molecule has 0 aliphatic heterocycles. The van der Waals surface area contributed by atoms with Crippen molar-refractivity contribution >= 4 is 39.9 Å². The van der Waals surface area contributed by atoms with E-state index < -0.39 is 11.7 Å². The van der Waals surface area contributed by atoms with Crippen molar-refractivity contribution < 1.29 is 13.6 Å². The summed E-state index contributed by atoms with van der Waals surface area (Å²) in [5.74, 6) is -0.929. The normalized spacial score (nSPS) is 11.6. The molecule has 28 heavy (non-hydrogen) atoms. The van der Waals surface area contributed by atoms with Crippen LogP contribution >= 0.6 is 11.6 Å². The first-order valence-corrected chi connectivity index (χ1v) is 8.87. The molecule has 4 nitrogen and oxygen atoms in total. The highest BCUT2D eigenvalue weighted by molar-refractivity contribution is 6.30. The minimum absolute atomic E-state index is 0.0234. The minimum atomic E-state index is -0.505. The van der Waals surface area contributed by atoms with Gasteiger partial charge in [-0.25, -0.2) is 9.38 Å². The van der Waals surface area contributed by atoms with E-state index in [4.69, 9.17) is 16.0 Å². The number of nitrogens with one attached hydrogen (secondary N) is 1. The van der Waals surface area contributed by atoms with Gasteiger partial charge in [-0.2, -0.15) is 0 Å². The summed E-state index contributed by atoms with van der Waals surface area (Å²) in [6.45, 7) is 0. The molecule has 0 unspecified atom stereocenters. The smallest absolute Gasteiger partial charge is 0.261 e. The molecular weight excluding hydrogens is 379 g/mol. The van der Waals surface area contributed by atoms with E-state index in [0.717, 1.165) is 5.39 Å². The molecule has 1 amide bonds. The maximum absolute atomic E-state index is 14.1. The molecule has 0 saturated carbocycles. The zero-order valence-electron chi connectivity index (χ0n) is 14.5. The molecule has 4 rings (SSSR count). The first-order chi connectivity index (χ1) is 13.6. The Labute approximate surface area is 164 Å². The predicted molar refractivity (Wildman–Crippen MR) is 107 cm³/mol. The van der Waals surface area contributed by atoms with Crippen LogP contribution in [0.5, 0.6) is 0 Å². The lowest BCUT2D eigenvalue weighted by molar-refractivity contribution is 0.102. The Bertz CT molecular complexity index is 1230. The SMILES string of the molecule is O=C(Nc1ccc(Cl)cc1)c1cc2ccccc2oc1=Nc1ccccc1F. The average Bonchev–Trinajstić information content (AvgIpc) is 2.71. The van der Waals surface area contributed by atoms with Crippen molar-refractivity contribution in [3.05, 3.63) is 101 Å². The van der Waals surface area contributed by atoms with E-state index in [0.29, 0.717) is 16.3 Å². The van der Waals surface area contributed by atoms with Gasteiger partial charge in [0.05, 0.1) is 0 Å². The molecular formula is C22H14ClFN2O2. The second kappa shape index (κ2) is 7.66. The molecule has 4 aromatic rings. The van der Waals surface area contributed by atoms with E-state index in [2.05, 4.69) is 10.3 Å². The Kier molecular flexibility index (Phi) is 4.91. The van der Waals surface area contributed by atoms with Crippen LogP contribution in [0.2, 0.25) is 5.02 Å². The lowest BCUT2D eigenvalue weighted by atomic mass is 10.1. The molecule has 1 heterocycles. The van der Waals surface area contributed by atoms with Gasteiger partial charge < -0.3 is 9.73 Å². The number of hydrogen-bond donors (Lipinski definition) is 1. The van der Waals surface area contributed by atoms with Gasteiger partial charge in [0.2, 0.25) is 5.55 Å². The monoisotopic (exact) mass is 392 g/mol. The summed E-state index contributed by atoms with van der Waals surface area (Å²) in [6.07, 6.45) is 0. The highest BCUT2D eigenvalue weighted by Crippen LogP contribution is 2.19. The lowest BCUT2D eigenvalue weighted by Crippen LogP contribution is -2.21. The number of rotatable bonds is 3. The van der Waals surface area contributed by atoms with Crippen LogP contribution in [0.25, 0.3) is 11.0 Å². The molecule has 0 spiro atoms. The van der Waals surface area contributed by atoms with Gasteiger partial charge >= 0.3 is 0 Å². The van der Waals surface area contributed by atoms with Gasteiger partial charge in [-0.3, -0.25) is 4.79 Å². The molecule has 0 aliphatic carbocycles. The fourth-order valence-corrected chi connectivity index (χ4v) is 2.82. The van der Waals surface area contributed by atoms with Crippen molar-refractivity contribution in [2.24, 2.45) is 4.99 Å². The van der Waals surface area contributed by atoms with Crippen LogP contribution in [0, 0.1) is 5.82 Å². The highest BCUT2D eigenvalue weighted by atomic mass is 35.5. The van der Waals surface area contributed by atoms with E-state index in [1.165, 1.54) is 12.1 Å². The fourth-order valence-electron chi connectivity index (χ4n) is 2.70. The summed E-state index contributed by atoms with van der Waals surface area (Å²) in [5.41, 5.74) is 1.41. The highest BCUT2D eigenvalue weighted by Gasteiger charge is 2.14. The van der Waals surface area contributed by atoms with Gasteiger partial charge in [0.25, 0.3) is 5.91 Å². The Hall–Kier alpha value is -3.44. The van der Waals surface area contributed by atoms with Crippen LogP contribution in [0.3, 0.4) is 0 Å². The van der Waals surface area contributed by atoms with Gasteiger partial charge in [-0.15, -0.1) is 0 Å². The van der Waals surface area contributed by atoms with Crippen LogP contribution in [0.15, 0.2) is 88.3 Å². The molecule has 0 saturated heterocycles. The summed E-state index contributed by atoms with van der Waals surface area (Å²) in [7, 11) is 0. The molecule has 138 valence electrons. The number of benzene rings is 3. The molecule has 1 N–H and O–H groups in total. The van der Waals surface area contributed by atoms with Crippen molar-refractivity contribution in [2.75, 3.05) is 5.32 Å². The number of carbonyl (C=O) groups is 1. The van der Waals surface area contributed by atoms with E-state index in [1.54, 1.807) is 48.5 Å². The van der Waals surface area contributed by atoms with E-state index in [-0.39, 0.29) is 16.8 Å². The molecule has 1 aromatic heterocycles. The molecule has 0 aliphatic rings. The van der Waals surface area contributed by atoms with Gasteiger partial charge in [-0.05, 0) is 48.5 Å². The van der Waals surface area contributed by atoms with Crippen molar-refractivity contribution in [3.63, 3.8) is 0 Å². The number of nitrogens with zero attached hydrogens (tertiary/aromatic N) is 1. The van der Waals surface area contributed by atoms with Crippen molar-refractivity contribution in [3.8, 4) is 0 Å². The molecule has 0 radical (unpaired) electrons. The van der Waals surface area contributed by atoms with Crippen LogP contribution in [0.4, 0.5) is 15.8 Å². The number of carbonyl (C=O) groups excluding carboxylic acids is 1. The second-order valence-corrected chi connectivity index (χ2v) is 6.46. The second-order valence-electron chi connectivity index (χ2n) is 6.03. The summed E-state index contributed by atoms with van der Waals surface area (Å²) in [4.78, 5) is 17.1. The van der Waals surface area contributed by atoms with Crippen LogP contribution in [-0.2, 0) is 0 Å². The maximum Gasteiger partial charge on any atom is 0.261 e. The Morgan fingerprint density at radius 3 is 2.46 bits per heavy atom. The van der Waals surface area contributed by atoms with Gasteiger partial charge in [0, 0.05) is 16.1 Å². The van der Waals surface area contributed by atoms with Crippen LogP contribution in [0.1, 0.15) is 10.4 Å². The number of fused-ring (bicyclic) bond motifs is 1. The number of amides is 1. The Morgan fingerprint density at radius 2 is 1.68 bits per heavy atom. The van der Waals surface area contributed by atoms with Crippen molar-refractivity contribution in [2.45, 2.75) is 0 Å². The number of para-hydroxylation sites is 2. The first kappa shape index (κ1) is 17.9. The summed E-state index contributed by atoms with van der Waals surface area (Å²) in [5, 5.41) is 4.08. The van der Waals surface area contributed by atoms with Gasteiger partial charge in [0.1, 0.15) is 22.7 Å². The molecule has 0 fully saturated rings. The minimum Gasteiger partial charge on any atom is -0.438 e. The van der Waals surface area contributed by atoms with Crippen LogP contribution < -0.4 is 10.9 Å². The number of anilines is 1.